The monoisotopic (exact) mass is 390 g/mol. The molecule has 0 saturated carbocycles. The fourth-order valence-electron chi connectivity index (χ4n) is 3.32. The number of methoxy groups -OCH3 is 1. The van der Waals surface area contributed by atoms with E-state index in [0.717, 1.165) is 37.8 Å². The van der Waals surface area contributed by atoms with Crippen molar-refractivity contribution in [1.82, 2.24) is 4.90 Å². The minimum atomic E-state index is -0.494. The average molecular weight is 390 g/mol. The number of hydrogen-bond acceptors (Lipinski definition) is 6. The zero-order chi connectivity index (χ0) is 20.5. The number of likely N-dealkylation sites (tertiary alicyclic amines) is 1. The number of esters is 2. The molecule has 0 spiro atoms. The molecule has 1 aliphatic heterocycles. The van der Waals surface area contributed by atoms with Gasteiger partial charge in [-0.25, -0.2) is 4.79 Å². The van der Waals surface area contributed by atoms with Crippen LogP contribution >= 0.6 is 0 Å². The molecular weight excluding hydrogens is 360 g/mol. The van der Waals surface area contributed by atoms with Crippen LogP contribution in [0.5, 0.6) is 0 Å². The van der Waals surface area contributed by atoms with Gasteiger partial charge in [0.1, 0.15) is 0 Å². The topological polar surface area (TPSA) is 84.9 Å². The molecule has 1 N–H and O–H groups in total. The number of carbonyl (C=O) groups is 3. The molecule has 0 aliphatic carbocycles. The highest BCUT2D eigenvalue weighted by Gasteiger charge is 2.28. The quantitative estimate of drug-likeness (QED) is 0.543. The maximum atomic E-state index is 12.6. The van der Waals surface area contributed by atoms with E-state index in [-0.39, 0.29) is 24.3 Å². The van der Waals surface area contributed by atoms with Crippen LogP contribution in [0.25, 0.3) is 0 Å². The van der Waals surface area contributed by atoms with Crippen LogP contribution < -0.4 is 5.32 Å². The van der Waals surface area contributed by atoms with Crippen LogP contribution in [0.15, 0.2) is 18.2 Å². The fourth-order valence-corrected chi connectivity index (χ4v) is 3.32. The van der Waals surface area contributed by atoms with Gasteiger partial charge in [0.05, 0.1) is 37.4 Å². The Hall–Kier alpha value is -2.41. The molecule has 28 heavy (non-hydrogen) atoms. The SMILES string of the molecule is CCCCOC(=O)C1CCCN(CC(=O)Nc2c(C)cccc2C(=O)OC)C1. The lowest BCUT2D eigenvalue weighted by molar-refractivity contribution is -0.150. The number of carbonyl (C=O) groups excluding carboxylic acids is 3. The summed E-state index contributed by atoms with van der Waals surface area (Å²) in [6.07, 6.45) is 3.48. The summed E-state index contributed by atoms with van der Waals surface area (Å²) in [4.78, 5) is 38.7. The molecule has 0 bridgehead atoms. The summed E-state index contributed by atoms with van der Waals surface area (Å²) in [5.74, 6) is -1.08. The summed E-state index contributed by atoms with van der Waals surface area (Å²) in [5, 5.41) is 2.83. The van der Waals surface area contributed by atoms with Crippen LogP contribution in [-0.4, -0.2) is 56.1 Å². The molecule has 1 heterocycles. The maximum absolute atomic E-state index is 12.6. The second kappa shape index (κ2) is 10.8. The zero-order valence-electron chi connectivity index (χ0n) is 17.0. The number of nitrogens with one attached hydrogen (secondary N) is 1. The van der Waals surface area contributed by atoms with Crippen LogP contribution in [0, 0.1) is 12.8 Å². The van der Waals surface area contributed by atoms with Crippen molar-refractivity contribution in [2.75, 3.05) is 38.7 Å². The van der Waals surface area contributed by atoms with E-state index in [4.69, 9.17) is 9.47 Å². The van der Waals surface area contributed by atoms with Gasteiger partial charge in [0.25, 0.3) is 0 Å². The summed E-state index contributed by atoms with van der Waals surface area (Å²) in [5.41, 5.74) is 1.58. The Morgan fingerprint density at radius 2 is 2.07 bits per heavy atom. The van der Waals surface area contributed by atoms with Gasteiger partial charge in [-0.2, -0.15) is 0 Å². The number of para-hydroxylation sites is 1. The Morgan fingerprint density at radius 3 is 2.79 bits per heavy atom. The smallest absolute Gasteiger partial charge is 0.339 e. The maximum Gasteiger partial charge on any atom is 0.339 e. The van der Waals surface area contributed by atoms with Crippen molar-refractivity contribution in [3.05, 3.63) is 29.3 Å². The van der Waals surface area contributed by atoms with Gasteiger partial charge in [0.2, 0.25) is 5.91 Å². The summed E-state index contributed by atoms with van der Waals surface area (Å²) < 4.78 is 10.1. The van der Waals surface area contributed by atoms with E-state index in [1.165, 1.54) is 7.11 Å². The van der Waals surface area contributed by atoms with Crippen LogP contribution in [0.3, 0.4) is 0 Å². The number of hydrogen-bond donors (Lipinski definition) is 1. The highest BCUT2D eigenvalue weighted by atomic mass is 16.5. The van der Waals surface area contributed by atoms with Crippen molar-refractivity contribution >= 4 is 23.5 Å². The Labute approximate surface area is 166 Å². The van der Waals surface area contributed by atoms with E-state index < -0.39 is 5.97 Å². The van der Waals surface area contributed by atoms with E-state index in [1.807, 2.05) is 17.9 Å². The first-order valence-corrected chi connectivity index (χ1v) is 9.83. The number of rotatable bonds is 8. The minimum absolute atomic E-state index is 0.160. The van der Waals surface area contributed by atoms with Gasteiger partial charge in [0, 0.05) is 6.54 Å². The second-order valence-electron chi connectivity index (χ2n) is 7.13. The lowest BCUT2D eigenvalue weighted by Crippen LogP contribution is -2.43. The number of aryl methyl sites for hydroxylation is 1. The van der Waals surface area contributed by atoms with Crippen molar-refractivity contribution < 1.29 is 23.9 Å². The number of ether oxygens (including phenoxy) is 2. The number of nitrogens with zero attached hydrogens (tertiary/aromatic N) is 1. The highest BCUT2D eigenvalue weighted by Crippen LogP contribution is 2.22. The first-order chi connectivity index (χ1) is 13.5. The number of piperidine rings is 1. The summed E-state index contributed by atoms with van der Waals surface area (Å²) >= 11 is 0. The van der Waals surface area contributed by atoms with Gasteiger partial charge in [0.15, 0.2) is 0 Å². The molecule has 7 nitrogen and oxygen atoms in total. The number of benzene rings is 1. The summed E-state index contributed by atoms with van der Waals surface area (Å²) in [6, 6.07) is 5.19. The third kappa shape index (κ3) is 6.05. The highest BCUT2D eigenvalue weighted by molar-refractivity contribution is 6.02. The summed E-state index contributed by atoms with van der Waals surface area (Å²) in [7, 11) is 1.31. The molecule has 1 aromatic rings. The van der Waals surface area contributed by atoms with Gasteiger partial charge in [-0.05, 0) is 44.4 Å². The van der Waals surface area contributed by atoms with E-state index in [1.54, 1.807) is 12.1 Å². The molecule has 2 rings (SSSR count). The molecule has 0 aromatic heterocycles. The Bertz CT molecular complexity index is 704. The number of unbranched alkanes of at least 4 members (excludes halogenated alkanes) is 1. The van der Waals surface area contributed by atoms with Crippen molar-refractivity contribution in [2.24, 2.45) is 5.92 Å². The van der Waals surface area contributed by atoms with E-state index in [9.17, 15) is 14.4 Å². The fraction of sp³-hybridized carbons (Fsp3) is 0.571. The second-order valence-corrected chi connectivity index (χ2v) is 7.13. The van der Waals surface area contributed by atoms with Gasteiger partial charge < -0.3 is 14.8 Å². The largest absolute Gasteiger partial charge is 0.465 e. The third-order valence-corrected chi connectivity index (χ3v) is 4.89. The Morgan fingerprint density at radius 1 is 1.29 bits per heavy atom. The standard InChI is InChI=1S/C21H30N2O5/c1-4-5-12-28-20(25)16-9-7-11-23(13-16)14-18(24)22-19-15(2)8-6-10-17(19)21(26)27-3/h6,8,10,16H,4-5,7,9,11-14H2,1-3H3,(H,22,24). The number of amides is 1. The molecule has 0 radical (unpaired) electrons. The predicted molar refractivity (Wildman–Crippen MR) is 106 cm³/mol. The molecule has 1 unspecified atom stereocenters. The Balaban J connectivity index is 1.94. The van der Waals surface area contributed by atoms with Crippen molar-refractivity contribution in [3.63, 3.8) is 0 Å². The molecular formula is C21H30N2O5. The van der Waals surface area contributed by atoms with Crippen LogP contribution in [0.2, 0.25) is 0 Å². The van der Waals surface area contributed by atoms with Gasteiger partial charge in [-0.3, -0.25) is 14.5 Å². The molecule has 1 aliphatic rings. The van der Waals surface area contributed by atoms with Crippen molar-refractivity contribution in [3.8, 4) is 0 Å². The van der Waals surface area contributed by atoms with Crippen LogP contribution in [0.4, 0.5) is 5.69 Å². The van der Waals surface area contributed by atoms with Crippen molar-refractivity contribution in [2.45, 2.75) is 39.5 Å². The van der Waals surface area contributed by atoms with Gasteiger partial charge in [-0.1, -0.05) is 25.5 Å². The predicted octanol–water partition coefficient (Wildman–Crippen LogP) is 2.78. The summed E-state index contributed by atoms with van der Waals surface area (Å²) in [6.45, 7) is 5.75. The molecule has 1 saturated heterocycles. The van der Waals surface area contributed by atoms with Crippen molar-refractivity contribution in [1.29, 1.82) is 0 Å². The average Bonchev–Trinajstić information content (AvgIpc) is 2.69. The first kappa shape index (κ1) is 21.9. The molecule has 1 amide bonds. The number of anilines is 1. The minimum Gasteiger partial charge on any atom is -0.465 e. The van der Waals surface area contributed by atoms with E-state index >= 15 is 0 Å². The molecule has 154 valence electrons. The lowest BCUT2D eigenvalue weighted by atomic mass is 9.98. The van der Waals surface area contributed by atoms with Crippen LogP contribution in [-0.2, 0) is 19.1 Å². The van der Waals surface area contributed by atoms with Crippen LogP contribution in [0.1, 0.15) is 48.5 Å². The third-order valence-electron chi connectivity index (χ3n) is 4.89. The molecule has 7 heteroatoms. The normalized spacial score (nSPS) is 17.0. The van der Waals surface area contributed by atoms with Gasteiger partial charge >= 0.3 is 11.9 Å². The lowest BCUT2D eigenvalue weighted by Gasteiger charge is -2.31. The molecule has 1 aromatic carbocycles. The van der Waals surface area contributed by atoms with Gasteiger partial charge in [-0.15, -0.1) is 0 Å². The molecule has 1 fully saturated rings. The molecule has 1 atom stereocenters. The first-order valence-electron chi connectivity index (χ1n) is 9.83. The zero-order valence-corrected chi connectivity index (χ0v) is 17.0. The van der Waals surface area contributed by atoms with E-state index in [0.29, 0.717) is 24.4 Å². The Kier molecular flexibility index (Phi) is 8.44. The van der Waals surface area contributed by atoms with E-state index in [2.05, 4.69) is 12.2 Å².